The standard InChI is InChI=1S/C27H36ClN3O5S2/c1-27(2,3)31-25(34)36-18(10-9-17-7-4-5-8-20(17)28)16-37-14-6-13-29-15-22(33)19-11-12-21(32)23-24(19)38-26(35)30-23/h4-5,7-8,11-12,18,22,29,32-33H,6,9-10,13-16H2,1-3H3,(H,30,35)(H,31,34)/t18?,22-/m0/s1. The molecule has 0 aliphatic heterocycles. The average molecular weight is 582 g/mol. The van der Waals surface area contributed by atoms with Crippen LogP contribution in [0.1, 0.15) is 50.8 Å². The number of halogens is 1. The Hall–Kier alpha value is -2.24. The number of fused-ring (bicyclic) bond motifs is 1. The van der Waals surface area contributed by atoms with Crippen molar-refractivity contribution in [3.8, 4) is 5.75 Å². The number of H-pyrrole nitrogens is 1. The van der Waals surface area contributed by atoms with Crippen LogP contribution in [-0.2, 0) is 11.2 Å². The van der Waals surface area contributed by atoms with E-state index in [2.05, 4.69) is 15.6 Å². The Kier molecular flexibility index (Phi) is 11.3. The summed E-state index contributed by atoms with van der Waals surface area (Å²) in [5, 5.41) is 27.4. The lowest BCUT2D eigenvalue weighted by Crippen LogP contribution is -2.42. The average Bonchev–Trinajstić information content (AvgIpc) is 3.23. The van der Waals surface area contributed by atoms with Crippen molar-refractivity contribution in [1.29, 1.82) is 0 Å². The van der Waals surface area contributed by atoms with E-state index in [0.717, 1.165) is 29.1 Å². The topological polar surface area (TPSA) is 124 Å². The van der Waals surface area contributed by atoms with Gasteiger partial charge >= 0.3 is 11.0 Å². The lowest BCUT2D eigenvalue weighted by atomic mass is 10.1. The summed E-state index contributed by atoms with van der Waals surface area (Å²) in [7, 11) is 0. The van der Waals surface area contributed by atoms with E-state index < -0.39 is 12.2 Å². The lowest BCUT2D eigenvalue weighted by molar-refractivity contribution is 0.0979. The molecule has 1 amide bonds. The number of thiazole rings is 1. The van der Waals surface area contributed by atoms with E-state index in [1.807, 2.05) is 45.0 Å². The lowest BCUT2D eigenvalue weighted by Gasteiger charge is -2.24. The van der Waals surface area contributed by atoms with Crippen molar-refractivity contribution in [2.45, 2.75) is 57.8 Å². The number of hydrogen-bond donors (Lipinski definition) is 5. The Morgan fingerprint density at radius 1 is 1.24 bits per heavy atom. The molecule has 1 aromatic heterocycles. The SMILES string of the molecule is CC(C)(C)NC(=O)OC(CCc1ccccc1Cl)CSCCCNC[C@H](O)c1ccc(O)c2[nH]c(=O)sc12. The van der Waals surface area contributed by atoms with Crippen LogP contribution in [0.15, 0.2) is 41.2 Å². The molecule has 0 radical (unpaired) electrons. The van der Waals surface area contributed by atoms with Gasteiger partial charge in [-0.15, -0.1) is 0 Å². The Bertz CT molecular complexity index is 1260. The summed E-state index contributed by atoms with van der Waals surface area (Å²) < 4.78 is 6.31. The molecule has 2 atom stereocenters. The van der Waals surface area contributed by atoms with Crippen LogP contribution in [-0.4, -0.2) is 57.5 Å². The number of nitrogens with one attached hydrogen (secondary N) is 3. The molecule has 38 heavy (non-hydrogen) atoms. The number of aryl methyl sites for hydroxylation is 1. The van der Waals surface area contributed by atoms with Crippen LogP contribution in [0.5, 0.6) is 5.75 Å². The Morgan fingerprint density at radius 3 is 2.74 bits per heavy atom. The van der Waals surface area contributed by atoms with Gasteiger partial charge in [0.25, 0.3) is 0 Å². The zero-order chi connectivity index (χ0) is 27.7. The van der Waals surface area contributed by atoms with E-state index in [9.17, 15) is 19.8 Å². The second-order valence-corrected chi connectivity index (χ2v) is 12.6. The Labute approximate surface area is 236 Å². The molecular weight excluding hydrogens is 546 g/mol. The molecule has 0 saturated carbocycles. The summed E-state index contributed by atoms with van der Waals surface area (Å²) in [5.41, 5.74) is 1.62. The van der Waals surface area contributed by atoms with Crippen molar-refractivity contribution in [3.63, 3.8) is 0 Å². The fraction of sp³-hybridized carbons (Fsp3) is 0.481. The van der Waals surface area contributed by atoms with E-state index in [-0.39, 0.29) is 22.3 Å². The fourth-order valence-corrected chi connectivity index (χ4v) is 6.01. The number of carbonyl (C=O) groups excluding carboxylic acids is 1. The molecule has 0 aliphatic rings. The Balaban J connectivity index is 1.42. The molecule has 0 fully saturated rings. The number of aromatic hydroxyl groups is 1. The highest BCUT2D eigenvalue weighted by Gasteiger charge is 2.20. The highest BCUT2D eigenvalue weighted by Crippen LogP contribution is 2.31. The van der Waals surface area contributed by atoms with E-state index >= 15 is 0 Å². The molecule has 5 N–H and O–H groups in total. The number of phenols is 1. The highest BCUT2D eigenvalue weighted by molar-refractivity contribution is 7.99. The number of rotatable bonds is 13. The molecule has 0 spiro atoms. The molecule has 0 saturated heterocycles. The van der Waals surface area contributed by atoms with Crippen LogP contribution in [0, 0.1) is 0 Å². The molecule has 0 aliphatic carbocycles. The minimum Gasteiger partial charge on any atom is -0.506 e. The maximum atomic E-state index is 12.4. The van der Waals surface area contributed by atoms with E-state index in [0.29, 0.717) is 52.5 Å². The van der Waals surface area contributed by atoms with Crippen LogP contribution in [0.25, 0.3) is 10.2 Å². The van der Waals surface area contributed by atoms with Gasteiger partial charge in [0, 0.05) is 28.4 Å². The van der Waals surface area contributed by atoms with E-state index in [4.69, 9.17) is 16.3 Å². The second-order valence-electron chi connectivity index (χ2n) is 10.1. The van der Waals surface area contributed by atoms with Crippen molar-refractivity contribution in [2.24, 2.45) is 0 Å². The molecule has 1 unspecified atom stereocenters. The predicted octanol–water partition coefficient (Wildman–Crippen LogP) is 5.22. The molecule has 1 heterocycles. The molecular formula is C27H36ClN3O5S2. The first kappa shape index (κ1) is 30.3. The molecule has 3 rings (SSSR count). The van der Waals surface area contributed by atoms with Crippen LogP contribution < -0.4 is 15.5 Å². The number of aromatic nitrogens is 1. The molecule has 8 nitrogen and oxygen atoms in total. The van der Waals surface area contributed by atoms with Gasteiger partial charge < -0.3 is 30.6 Å². The summed E-state index contributed by atoms with van der Waals surface area (Å²) in [6, 6.07) is 10.8. The monoisotopic (exact) mass is 581 g/mol. The van der Waals surface area contributed by atoms with Gasteiger partial charge in [0.05, 0.1) is 10.8 Å². The summed E-state index contributed by atoms with van der Waals surface area (Å²) in [4.78, 5) is 26.4. The summed E-state index contributed by atoms with van der Waals surface area (Å²) >= 11 is 8.99. The molecule has 11 heteroatoms. The van der Waals surface area contributed by atoms with E-state index in [1.165, 1.54) is 6.07 Å². The van der Waals surface area contributed by atoms with Crippen molar-refractivity contribution >= 4 is 51.0 Å². The number of aliphatic hydroxyl groups excluding tert-OH is 1. The van der Waals surface area contributed by atoms with Crippen molar-refractivity contribution in [3.05, 3.63) is 62.2 Å². The number of thioether (sulfide) groups is 1. The van der Waals surface area contributed by atoms with E-state index in [1.54, 1.807) is 17.8 Å². The van der Waals surface area contributed by atoms with Gasteiger partial charge in [-0.25, -0.2) is 4.79 Å². The third-order valence-electron chi connectivity index (χ3n) is 5.67. The zero-order valence-electron chi connectivity index (χ0n) is 21.9. The number of hydrogen-bond acceptors (Lipinski definition) is 8. The van der Waals surface area contributed by atoms with Gasteiger partial charge in [-0.05, 0) is 70.0 Å². The summed E-state index contributed by atoms with van der Waals surface area (Å²) in [5.74, 6) is 1.52. The van der Waals surface area contributed by atoms with Gasteiger partial charge in [-0.1, -0.05) is 47.2 Å². The van der Waals surface area contributed by atoms with Gasteiger partial charge in [-0.3, -0.25) is 4.79 Å². The molecule has 3 aromatic rings. The first-order valence-electron chi connectivity index (χ1n) is 12.6. The van der Waals surface area contributed by atoms with Crippen LogP contribution in [0.3, 0.4) is 0 Å². The maximum Gasteiger partial charge on any atom is 0.407 e. The maximum absolute atomic E-state index is 12.4. The minimum atomic E-state index is -0.805. The van der Waals surface area contributed by atoms with Crippen LogP contribution in [0.4, 0.5) is 4.79 Å². The number of benzene rings is 2. The molecule has 208 valence electrons. The molecule has 2 aromatic carbocycles. The van der Waals surface area contributed by atoms with Crippen LogP contribution in [0.2, 0.25) is 5.02 Å². The number of ether oxygens (including phenoxy) is 1. The zero-order valence-corrected chi connectivity index (χ0v) is 24.3. The van der Waals surface area contributed by atoms with Gasteiger partial charge in [0.2, 0.25) is 0 Å². The molecule has 0 bridgehead atoms. The van der Waals surface area contributed by atoms with Crippen molar-refractivity contribution < 1.29 is 19.7 Å². The van der Waals surface area contributed by atoms with Crippen molar-refractivity contribution in [1.82, 2.24) is 15.6 Å². The van der Waals surface area contributed by atoms with Gasteiger partial charge in [0.1, 0.15) is 17.4 Å². The number of amides is 1. The highest BCUT2D eigenvalue weighted by atomic mass is 35.5. The summed E-state index contributed by atoms with van der Waals surface area (Å²) in [6.45, 7) is 6.76. The minimum absolute atomic E-state index is 0.00989. The third-order valence-corrected chi connectivity index (χ3v) is 8.16. The first-order chi connectivity index (χ1) is 18.0. The quantitative estimate of drug-likeness (QED) is 0.175. The predicted molar refractivity (Wildman–Crippen MR) is 157 cm³/mol. The first-order valence-corrected chi connectivity index (χ1v) is 14.9. The normalized spacial score (nSPS) is 13.4. The largest absolute Gasteiger partial charge is 0.506 e. The van der Waals surface area contributed by atoms with Gasteiger partial charge in [-0.2, -0.15) is 11.8 Å². The second kappa shape index (κ2) is 14.2. The number of phenolic OH excluding ortho intramolecular Hbond substituents is 1. The summed E-state index contributed by atoms with van der Waals surface area (Å²) in [6.07, 6.45) is 0.776. The number of carbonyl (C=O) groups is 1. The van der Waals surface area contributed by atoms with Crippen LogP contribution >= 0.6 is 34.7 Å². The number of aliphatic hydroxyl groups is 1. The Morgan fingerprint density at radius 2 is 2.00 bits per heavy atom. The number of alkyl carbamates (subject to hydrolysis) is 1. The smallest absolute Gasteiger partial charge is 0.407 e. The third kappa shape index (κ3) is 9.50. The van der Waals surface area contributed by atoms with Gasteiger partial charge in [0.15, 0.2) is 0 Å². The number of aromatic amines is 1. The van der Waals surface area contributed by atoms with Crippen molar-refractivity contribution in [2.75, 3.05) is 24.6 Å². The fourth-order valence-electron chi connectivity index (χ4n) is 3.85.